The van der Waals surface area contributed by atoms with Crippen LogP contribution in [-0.2, 0) is 6.42 Å². The van der Waals surface area contributed by atoms with Gasteiger partial charge in [-0.25, -0.2) is 0 Å². The smallest absolute Gasteiger partial charge is 0.231 e. The molecule has 3 rings (SSSR count). The Morgan fingerprint density at radius 2 is 2.20 bits per heavy atom. The molecule has 1 fully saturated rings. The SMILES string of the molecule is COc1ccccc1Cc1noc(C2CCCC2N)n1. The first-order valence-electron chi connectivity index (χ1n) is 6.98. The maximum absolute atomic E-state index is 6.07. The van der Waals surface area contributed by atoms with Gasteiger partial charge in [0.15, 0.2) is 5.82 Å². The summed E-state index contributed by atoms with van der Waals surface area (Å²) in [7, 11) is 1.66. The van der Waals surface area contributed by atoms with Gasteiger partial charge in [-0.1, -0.05) is 29.8 Å². The van der Waals surface area contributed by atoms with E-state index in [1.54, 1.807) is 7.11 Å². The largest absolute Gasteiger partial charge is 0.496 e. The summed E-state index contributed by atoms with van der Waals surface area (Å²) in [6.07, 6.45) is 3.82. The Morgan fingerprint density at radius 1 is 1.35 bits per heavy atom. The minimum absolute atomic E-state index is 0.148. The van der Waals surface area contributed by atoms with Crippen molar-refractivity contribution in [2.45, 2.75) is 37.6 Å². The first-order valence-corrected chi connectivity index (χ1v) is 6.98. The number of nitrogens with two attached hydrogens (primary N) is 1. The highest BCUT2D eigenvalue weighted by Gasteiger charge is 2.30. The Labute approximate surface area is 118 Å². The number of hydrogen-bond acceptors (Lipinski definition) is 5. The molecule has 1 aliphatic carbocycles. The number of nitrogens with zero attached hydrogens (tertiary/aromatic N) is 2. The van der Waals surface area contributed by atoms with Crippen molar-refractivity contribution in [2.75, 3.05) is 7.11 Å². The van der Waals surface area contributed by atoms with Crippen LogP contribution in [-0.4, -0.2) is 23.3 Å². The van der Waals surface area contributed by atoms with Crippen LogP contribution in [0.25, 0.3) is 0 Å². The highest BCUT2D eigenvalue weighted by atomic mass is 16.5. The van der Waals surface area contributed by atoms with Crippen molar-refractivity contribution in [2.24, 2.45) is 5.73 Å². The molecule has 1 heterocycles. The summed E-state index contributed by atoms with van der Waals surface area (Å²) in [5, 5.41) is 4.07. The number of methoxy groups -OCH3 is 1. The van der Waals surface area contributed by atoms with Gasteiger partial charge in [-0.3, -0.25) is 0 Å². The van der Waals surface area contributed by atoms with Gasteiger partial charge in [0.2, 0.25) is 5.89 Å². The Kier molecular flexibility index (Phi) is 3.69. The molecule has 106 valence electrons. The summed E-state index contributed by atoms with van der Waals surface area (Å²) in [6.45, 7) is 0. The molecule has 0 bridgehead atoms. The first-order chi connectivity index (χ1) is 9.78. The van der Waals surface area contributed by atoms with Gasteiger partial charge < -0.3 is 15.0 Å². The average Bonchev–Trinajstić information content (AvgIpc) is 3.08. The van der Waals surface area contributed by atoms with Gasteiger partial charge in [-0.15, -0.1) is 0 Å². The quantitative estimate of drug-likeness (QED) is 0.925. The van der Waals surface area contributed by atoms with E-state index in [0.29, 0.717) is 18.1 Å². The van der Waals surface area contributed by atoms with E-state index < -0.39 is 0 Å². The second kappa shape index (κ2) is 5.63. The zero-order valence-corrected chi connectivity index (χ0v) is 11.6. The third-order valence-electron chi connectivity index (χ3n) is 3.91. The lowest BCUT2D eigenvalue weighted by Crippen LogP contribution is -2.22. The fourth-order valence-electron chi connectivity index (χ4n) is 2.80. The third kappa shape index (κ3) is 2.54. The van der Waals surface area contributed by atoms with Crippen molar-refractivity contribution in [1.29, 1.82) is 0 Å². The average molecular weight is 273 g/mol. The summed E-state index contributed by atoms with van der Waals surface area (Å²) in [6, 6.07) is 8.02. The van der Waals surface area contributed by atoms with Crippen LogP contribution >= 0.6 is 0 Å². The van der Waals surface area contributed by atoms with Gasteiger partial charge >= 0.3 is 0 Å². The van der Waals surface area contributed by atoms with Gasteiger partial charge in [0.25, 0.3) is 0 Å². The maximum Gasteiger partial charge on any atom is 0.231 e. The van der Waals surface area contributed by atoms with Crippen LogP contribution in [0.2, 0.25) is 0 Å². The topological polar surface area (TPSA) is 74.2 Å². The van der Waals surface area contributed by atoms with E-state index in [1.165, 1.54) is 0 Å². The fourth-order valence-corrected chi connectivity index (χ4v) is 2.80. The Morgan fingerprint density at radius 3 is 2.95 bits per heavy atom. The molecule has 5 heteroatoms. The zero-order chi connectivity index (χ0) is 13.9. The Hall–Kier alpha value is -1.88. The molecule has 0 saturated heterocycles. The Balaban J connectivity index is 1.77. The highest BCUT2D eigenvalue weighted by Crippen LogP contribution is 2.32. The molecule has 1 aliphatic rings. The van der Waals surface area contributed by atoms with Crippen molar-refractivity contribution in [1.82, 2.24) is 10.1 Å². The van der Waals surface area contributed by atoms with E-state index in [9.17, 15) is 0 Å². The molecule has 2 atom stereocenters. The lowest BCUT2D eigenvalue weighted by Gasteiger charge is -2.09. The van der Waals surface area contributed by atoms with Crippen LogP contribution in [0.1, 0.15) is 42.5 Å². The molecule has 1 aromatic carbocycles. The lowest BCUT2D eigenvalue weighted by atomic mass is 10.0. The standard InChI is InChI=1S/C15H19N3O2/c1-19-13-8-3-2-5-10(13)9-14-17-15(20-18-14)11-6-4-7-12(11)16/h2-3,5,8,11-12H,4,6-7,9,16H2,1H3. The number of benzene rings is 1. The molecule has 0 radical (unpaired) electrons. The minimum atomic E-state index is 0.148. The van der Waals surface area contributed by atoms with E-state index >= 15 is 0 Å². The maximum atomic E-state index is 6.07. The predicted molar refractivity (Wildman–Crippen MR) is 74.7 cm³/mol. The number of rotatable bonds is 4. The minimum Gasteiger partial charge on any atom is -0.496 e. The number of aromatic nitrogens is 2. The molecule has 5 nitrogen and oxygen atoms in total. The van der Waals surface area contributed by atoms with E-state index in [1.807, 2.05) is 24.3 Å². The van der Waals surface area contributed by atoms with Crippen molar-refractivity contribution in [3.05, 3.63) is 41.5 Å². The molecule has 1 saturated carbocycles. The third-order valence-corrected chi connectivity index (χ3v) is 3.91. The summed E-state index contributed by atoms with van der Waals surface area (Å²) in [5.41, 5.74) is 7.12. The second-order valence-electron chi connectivity index (χ2n) is 5.24. The van der Waals surface area contributed by atoms with Crippen LogP contribution in [0.15, 0.2) is 28.8 Å². The van der Waals surface area contributed by atoms with Crippen LogP contribution in [0.3, 0.4) is 0 Å². The summed E-state index contributed by atoms with van der Waals surface area (Å²) >= 11 is 0. The molecule has 1 aromatic heterocycles. The Bertz CT molecular complexity index is 582. The highest BCUT2D eigenvalue weighted by molar-refractivity contribution is 5.35. The molecular weight excluding hydrogens is 254 g/mol. The summed E-state index contributed by atoms with van der Waals surface area (Å²) in [5.74, 6) is 2.42. The van der Waals surface area contributed by atoms with Gasteiger partial charge in [-0.2, -0.15) is 4.98 Å². The monoisotopic (exact) mass is 273 g/mol. The van der Waals surface area contributed by atoms with E-state index in [0.717, 1.165) is 30.6 Å². The molecule has 2 aromatic rings. The molecule has 0 spiro atoms. The van der Waals surface area contributed by atoms with Gasteiger partial charge in [0.05, 0.1) is 13.0 Å². The first kappa shape index (κ1) is 13.1. The number of para-hydroxylation sites is 1. The number of hydrogen-bond donors (Lipinski definition) is 1. The van der Waals surface area contributed by atoms with E-state index in [2.05, 4.69) is 10.1 Å². The zero-order valence-electron chi connectivity index (χ0n) is 11.6. The molecule has 20 heavy (non-hydrogen) atoms. The van der Waals surface area contributed by atoms with Gasteiger partial charge in [0.1, 0.15) is 5.75 Å². The molecule has 2 unspecified atom stereocenters. The van der Waals surface area contributed by atoms with Crippen LogP contribution < -0.4 is 10.5 Å². The number of ether oxygens (including phenoxy) is 1. The molecular formula is C15H19N3O2. The summed E-state index contributed by atoms with van der Waals surface area (Å²) < 4.78 is 10.7. The van der Waals surface area contributed by atoms with Crippen molar-refractivity contribution in [3.8, 4) is 5.75 Å². The predicted octanol–water partition coefficient (Wildman–Crippen LogP) is 2.26. The van der Waals surface area contributed by atoms with Crippen molar-refractivity contribution in [3.63, 3.8) is 0 Å². The van der Waals surface area contributed by atoms with E-state index in [-0.39, 0.29) is 12.0 Å². The van der Waals surface area contributed by atoms with Crippen molar-refractivity contribution < 1.29 is 9.26 Å². The van der Waals surface area contributed by atoms with Gasteiger partial charge in [-0.05, 0) is 18.9 Å². The van der Waals surface area contributed by atoms with Crippen LogP contribution in [0.5, 0.6) is 5.75 Å². The lowest BCUT2D eigenvalue weighted by molar-refractivity contribution is 0.342. The second-order valence-corrected chi connectivity index (χ2v) is 5.24. The molecule has 2 N–H and O–H groups in total. The van der Waals surface area contributed by atoms with Crippen molar-refractivity contribution >= 4 is 0 Å². The molecule has 0 amide bonds. The van der Waals surface area contributed by atoms with Crippen LogP contribution in [0, 0.1) is 0 Å². The fraction of sp³-hybridized carbons (Fsp3) is 0.467. The van der Waals surface area contributed by atoms with Gasteiger partial charge in [0, 0.05) is 18.0 Å². The summed E-state index contributed by atoms with van der Waals surface area (Å²) in [4.78, 5) is 4.50. The van der Waals surface area contributed by atoms with E-state index in [4.69, 9.17) is 15.0 Å². The van der Waals surface area contributed by atoms with Crippen LogP contribution in [0.4, 0.5) is 0 Å². The molecule has 0 aliphatic heterocycles. The normalized spacial score (nSPS) is 22.1.